The minimum atomic E-state index is -1.13. The summed E-state index contributed by atoms with van der Waals surface area (Å²) in [5, 5.41) is 15.7. The van der Waals surface area contributed by atoms with Crippen LogP contribution >= 0.6 is 0 Å². The van der Waals surface area contributed by atoms with Gasteiger partial charge in [0.2, 0.25) is 0 Å². The summed E-state index contributed by atoms with van der Waals surface area (Å²) in [5.74, 6) is -2.15. The predicted molar refractivity (Wildman–Crippen MR) is 72.1 cm³/mol. The molecule has 1 aromatic carbocycles. The molecule has 0 aliphatic carbocycles. The van der Waals surface area contributed by atoms with Crippen LogP contribution < -0.4 is 16.0 Å². The number of hydrogen-bond acceptors (Lipinski definition) is 4. The molecule has 0 saturated carbocycles. The van der Waals surface area contributed by atoms with Crippen molar-refractivity contribution in [2.24, 2.45) is 0 Å². The summed E-state index contributed by atoms with van der Waals surface area (Å²) >= 11 is 0. The summed E-state index contributed by atoms with van der Waals surface area (Å²) < 4.78 is 0. The molecule has 0 saturated heterocycles. The first kappa shape index (κ1) is 14.5. The molecule has 4 N–H and O–H groups in total. The average molecular weight is 291 g/mol. The van der Waals surface area contributed by atoms with Gasteiger partial charge >= 0.3 is 12.0 Å². The SMILES string of the molecule is CC[C@@H](NC(=O)Nc1ccc2c(c1)C(=O)NC2=O)C(=O)O. The molecule has 1 aliphatic rings. The van der Waals surface area contributed by atoms with E-state index in [1.165, 1.54) is 18.2 Å². The van der Waals surface area contributed by atoms with Crippen LogP contribution in [0, 0.1) is 0 Å². The number of carboxylic acids is 1. The molecule has 1 heterocycles. The highest BCUT2D eigenvalue weighted by molar-refractivity contribution is 6.22. The van der Waals surface area contributed by atoms with Crippen molar-refractivity contribution in [2.45, 2.75) is 19.4 Å². The van der Waals surface area contributed by atoms with E-state index in [4.69, 9.17) is 5.11 Å². The lowest BCUT2D eigenvalue weighted by molar-refractivity contribution is -0.139. The zero-order valence-electron chi connectivity index (χ0n) is 11.1. The maximum atomic E-state index is 11.7. The number of nitrogens with one attached hydrogen (secondary N) is 3. The molecular formula is C13H13N3O5. The highest BCUT2D eigenvalue weighted by Gasteiger charge is 2.27. The van der Waals surface area contributed by atoms with Crippen molar-refractivity contribution >= 4 is 29.5 Å². The number of carbonyl (C=O) groups is 4. The zero-order chi connectivity index (χ0) is 15.6. The van der Waals surface area contributed by atoms with Crippen LogP contribution in [-0.2, 0) is 4.79 Å². The third kappa shape index (κ3) is 2.99. The summed E-state index contributed by atoms with van der Waals surface area (Å²) in [6, 6.07) is 2.53. The molecule has 0 unspecified atom stereocenters. The molecule has 0 aromatic heterocycles. The third-order valence-electron chi connectivity index (χ3n) is 3.01. The van der Waals surface area contributed by atoms with Gasteiger partial charge in [0.05, 0.1) is 11.1 Å². The zero-order valence-corrected chi connectivity index (χ0v) is 11.1. The first-order valence-electron chi connectivity index (χ1n) is 6.22. The number of carboxylic acid groups (broad SMARTS) is 1. The molecule has 4 amide bonds. The van der Waals surface area contributed by atoms with Crippen LogP contribution in [0.2, 0.25) is 0 Å². The number of urea groups is 1. The second-order valence-corrected chi connectivity index (χ2v) is 4.44. The van der Waals surface area contributed by atoms with Crippen LogP contribution in [0.5, 0.6) is 0 Å². The standard InChI is InChI=1S/C13H13N3O5/c1-2-9(12(19)20)15-13(21)14-6-3-4-7-8(5-6)11(18)16-10(7)17/h3-5,9H,2H2,1H3,(H,19,20)(H2,14,15,21)(H,16,17,18)/t9-/m1/s1. The van der Waals surface area contributed by atoms with Crippen molar-refractivity contribution in [1.82, 2.24) is 10.6 Å². The Kier molecular flexibility index (Phi) is 3.88. The van der Waals surface area contributed by atoms with E-state index in [2.05, 4.69) is 16.0 Å². The Labute approximate surface area is 119 Å². The molecule has 0 bridgehead atoms. The Morgan fingerprint density at radius 3 is 2.52 bits per heavy atom. The van der Waals surface area contributed by atoms with Crippen LogP contribution in [0.1, 0.15) is 34.1 Å². The van der Waals surface area contributed by atoms with Gasteiger partial charge < -0.3 is 15.7 Å². The fourth-order valence-electron chi connectivity index (χ4n) is 1.91. The largest absolute Gasteiger partial charge is 0.480 e. The first-order chi connectivity index (χ1) is 9.92. The molecule has 1 aromatic rings. The maximum absolute atomic E-state index is 11.7. The normalized spacial score (nSPS) is 14.1. The summed E-state index contributed by atoms with van der Waals surface area (Å²) in [7, 11) is 0. The number of amides is 4. The molecular weight excluding hydrogens is 278 g/mol. The van der Waals surface area contributed by atoms with E-state index in [-0.39, 0.29) is 23.2 Å². The van der Waals surface area contributed by atoms with Gasteiger partial charge in [-0.1, -0.05) is 6.92 Å². The van der Waals surface area contributed by atoms with Crippen molar-refractivity contribution in [3.05, 3.63) is 29.3 Å². The molecule has 1 atom stereocenters. The summed E-state index contributed by atoms with van der Waals surface area (Å²) in [5.41, 5.74) is 0.697. The number of carbonyl (C=O) groups excluding carboxylic acids is 3. The van der Waals surface area contributed by atoms with Gasteiger partial charge in [0.25, 0.3) is 11.8 Å². The van der Waals surface area contributed by atoms with Crippen molar-refractivity contribution in [1.29, 1.82) is 0 Å². The Morgan fingerprint density at radius 1 is 1.24 bits per heavy atom. The number of benzene rings is 1. The first-order valence-corrected chi connectivity index (χ1v) is 6.22. The summed E-state index contributed by atoms with van der Waals surface area (Å²) in [6.07, 6.45) is 0.240. The molecule has 21 heavy (non-hydrogen) atoms. The highest BCUT2D eigenvalue weighted by atomic mass is 16.4. The monoisotopic (exact) mass is 291 g/mol. The van der Waals surface area contributed by atoms with Crippen molar-refractivity contribution in [3.63, 3.8) is 0 Å². The van der Waals surface area contributed by atoms with Gasteiger partial charge in [-0.2, -0.15) is 0 Å². The number of fused-ring (bicyclic) bond motifs is 1. The van der Waals surface area contributed by atoms with Gasteiger partial charge in [-0.15, -0.1) is 0 Å². The van der Waals surface area contributed by atoms with Crippen LogP contribution in [0.4, 0.5) is 10.5 Å². The van der Waals surface area contributed by atoms with Crippen molar-refractivity contribution in [2.75, 3.05) is 5.32 Å². The molecule has 2 rings (SSSR count). The van der Waals surface area contributed by atoms with Gasteiger partial charge in [0, 0.05) is 5.69 Å². The van der Waals surface area contributed by atoms with Crippen molar-refractivity contribution in [3.8, 4) is 0 Å². The number of hydrogen-bond donors (Lipinski definition) is 4. The lowest BCUT2D eigenvalue weighted by Crippen LogP contribution is -2.42. The highest BCUT2D eigenvalue weighted by Crippen LogP contribution is 2.20. The fraction of sp³-hybridized carbons (Fsp3) is 0.231. The van der Waals surface area contributed by atoms with E-state index in [0.717, 1.165) is 0 Å². The number of imide groups is 1. The molecule has 8 nitrogen and oxygen atoms in total. The minimum absolute atomic E-state index is 0.170. The molecule has 1 aliphatic heterocycles. The maximum Gasteiger partial charge on any atom is 0.326 e. The van der Waals surface area contributed by atoms with E-state index in [1.807, 2.05) is 0 Å². The second-order valence-electron chi connectivity index (χ2n) is 4.44. The van der Waals surface area contributed by atoms with Gasteiger partial charge in [-0.3, -0.25) is 14.9 Å². The minimum Gasteiger partial charge on any atom is -0.480 e. The van der Waals surface area contributed by atoms with Crippen LogP contribution in [-0.4, -0.2) is 35.0 Å². The van der Waals surface area contributed by atoms with Gasteiger partial charge in [0.15, 0.2) is 0 Å². The van der Waals surface area contributed by atoms with Gasteiger partial charge in [-0.05, 0) is 24.6 Å². The molecule has 0 spiro atoms. The van der Waals surface area contributed by atoms with E-state index in [0.29, 0.717) is 0 Å². The van der Waals surface area contributed by atoms with E-state index < -0.39 is 29.9 Å². The predicted octanol–water partition coefficient (Wildman–Crippen LogP) is 0.555. The van der Waals surface area contributed by atoms with E-state index in [1.54, 1.807) is 6.92 Å². The van der Waals surface area contributed by atoms with Crippen LogP contribution in [0.25, 0.3) is 0 Å². The molecule has 8 heteroatoms. The number of rotatable bonds is 4. The summed E-state index contributed by atoms with van der Waals surface area (Å²) in [6.45, 7) is 1.63. The third-order valence-corrected chi connectivity index (χ3v) is 3.01. The average Bonchev–Trinajstić information content (AvgIpc) is 2.70. The number of aliphatic carboxylic acids is 1. The Morgan fingerprint density at radius 2 is 1.90 bits per heavy atom. The quantitative estimate of drug-likeness (QED) is 0.603. The molecule has 110 valence electrons. The summed E-state index contributed by atoms with van der Waals surface area (Å²) in [4.78, 5) is 45.4. The molecule has 0 fully saturated rings. The van der Waals surface area contributed by atoms with Crippen LogP contribution in [0.3, 0.4) is 0 Å². The van der Waals surface area contributed by atoms with E-state index >= 15 is 0 Å². The second kappa shape index (κ2) is 5.61. The molecule has 0 radical (unpaired) electrons. The smallest absolute Gasteiger partial charge is 0.326 e. The Hall–Kier alpha value is -2.90. The Balaban J connectivity index is 2.09. The van der Waals surface area contributed by atoms with Crippen LogP contribution in [0.15, 0.2) is 18.2 Å². The number of anilines is 1. The van der Waals surface area contributed by atoms with Crippen molar-refractivity contribution < 1.29 is 24.3 Å². The van der Waals surface area contributed by atoms with Gasteiger partial charge in [-0.25, -0.2) is 9.59 Å². The lowest BCUT2D eigenvalue weighted by Gasteiger charge is -2.13. The Bertz CT molecular complexity index is 641. The van der Waals surface area contributed by atoms with E-state index in [9.17, 15) is 19.2 Å². The van der Waals surface area contributed by atoms with Gasteiger partial charge in [0.1, 0.15) is 6.04 Å². The topological polar surface area (TPSA) is 125 Å². The fourth-order valence-corrected chi connectivity index (χ4v) is 1.91. The lowest BCUT2D eigenvalue weighted by atomic mass is 10.1.